The average Bonchev–Trinajstić information content (AvgIpc) is 3.38. The maximum Gasteiger partial charge on any atom is 0.127 e. The summed E-state index contributed by atoms with van der Waals surface area (Å²) >= 11 is 1.88. The minimum absolute atomic E-state index is 0.177. The van der Waals surface area contributed by atoms with E-state index in [0.29, 0.717) is 11.7 Å². The highest BCUT2D eigenvalue weighted by atomic mass is 127. The molecule has 1 heterocycles. The molecule has 3 rings (SSSR count). The fraction of sp³-hybridized carbons (Fsp3) is 0.183. The highest BCUT2D eigenvalue weighted by Gasteiger charge is 2.45. The van der Waals surface area contributed by atoms with Crippen LogP contribution in [0.4, 0.5) is 0 Å². The molecule has 2 unspecified atom stereocenters. The van der Waals surface area contributed by atoms with Crippen molar-refractivity contribution in [2.24, 2.45) is 5.92 Å². The first-order valence-corrected chi connectivity index (χ1v) is 22.7. The molecule has 2 atom stereocenters. The number of halogens is 1. The summed E-state index contributed by atoms with van der Waals surface area (Å²) in [6, 6.07) is 4.13. The van der Waals surface area contributed by atoms with Gasteiger partial charge < -0.3 is 9.84 Å². The smallest absolute Gasteiger partial charge is 0.127 e. The zero-order chi connectivity index (χ0) is 53.3. The lowest BCUT2D eigenvalue weighted by molar-refractivity contribution is 0.0107. The Kier molecular flexibility index (Phi) is 31.9. The highest BCUT2D eigenvalue weighted by molar-refractivity contribution is 14.1. The molecular weight excluding hydrogens is 1010 g/mol. The molecule has 2 aliphatic rings. The van der Waals surface area contributed by atoms with Crippen molar-refractivity contribution in [3.8, 4) is 306 Å². The first kappa shape index (κ1) is 58.4. The van der Waals surface area contributed by atoms with E-state index in [1.165, 1.54) is 30.4 Å². The fourth-order valence-corrected chi connectivity index (χ4v) is 5.90. The standard InChI is InChI=1S/C50HI.C21H30O2/c1-2-3-4-5-6-7-8-9-10-11-12-13-14-15-16-17-18-19-20-21-22-23-24-25-26-27-28-29-30-31-32-33-34-35-36-37-38-39-40-41-42-43-44-45-46-47-48-49-50-51;1-5-6-7-8-15-12-18(22)20-16-11-14(2)9-10-17(16)21(3,4)23-19(20)13-15/h1H;11-13,16-17,22H,5-10H2,1-4H3. The number of ether oxygens (including phenoxy) is 1. The van der Waals surface area contributed by atoms with Gasteiger partial charge in [0.25, 0.3) is 0 Å². The van der Waals surface area contributed by atoms with Gasteiger partial charge in [0.1, 0.15) is 17.1 Å². The number of hydrogen-bond acceptors (Lipinski definition) is 2. The molecule has 1 aromatic carbocycles. The van der Waals surface area contributed by atoms with Crippen LogP contribution in [-0.2, 0) is 6.42 Å². The van der Waals surface area contributed by atoms with Crippen LogP contribution in [0.1, 0.15) is 76.8 Å². The number of unbranched alkanes of at least 4 members (excludes halogenated alkanes) is 2. The number of hydrogen-bond donors (Lipinski definition) is 1. The van der Waals surface area contributed by atoms with Gasteiger partial charge in [0, 0.05) is 229 Å². The monoisotopic (exact) mass is 1040 g/mol. The summed E-state index contributed by atoms with van der Waals surface area (Å²) in [6.45, 7) is 8.81. The predicted molar refractivity (Wildman–Crippen MR) is 305 cm³/mol. The topological polar surface area (TPSA) is 29.5 Å². The van der Waals surface area contributed by atoms with Gasteiger partial charge in [0.05, 0.1) is 0 Å². The molecule has 0 aromatic heterocycles. The van der Waals surface area contributed by atoms with Gasteiger partial charge in [-0.3, -0.25) is 0 Å². The molecule has 1 aromatic rings. The van der Waals surface area contributed by atoms with Crippen LogP contribution >= 0.6 is 22.6 Å². The largest absolute Gasteiger partial charge is 0.507 e. The number of fused-ring (bicyclic) bond motifs is 3. The third-order valence-corrected chi connectivity index (χ3v) is 8.86. The van der Waals surface area contributed by atoms with E-state index >= 15 is 0 Å². The van der Waals surface area contributed by atoms with Gasteiger partial charge in [0.2, 0.25) is 0 Å². The van der Waals surface area contributed by atoms with Crippen LogP contribution in [0.25, 0.3) is 0 Å². The summed E-state index contributed by atoms with van der Waals surface area (Å²) in [4.78, 5) is 0. The van der Waals surface area contributed by atoms with E-state index in [-0.39, 0.29) is 11.5 Å². The summed E-state index contributed by atoms with van der Waals surface area (Å²) in [6.07, 6.45) is 14.2. The third-order valence-electron chi connectivity index (χ3n) is 8.59. The molecule has 1 aliphatic carbocycles. The maximum absolute atomic E-state index is 10.7. The Balaban J connectivity index is 0.000000666. The van der Waals surface area contributed by atoms with E-state index in [0.717, 1.165) is 30.6 Å². The molecule has 0 amide bonds. The quantitative estimate of drug-likeness (QED) is 0.155. The number of terminal acetylenes is 1. The fourth-order valence-electron chi connectivity index (χ4n) is 5.77. The van der Waals surface area contributed by atoms with Gasteiger partial charge in [-0.15, -0.1) is 6.42 Å². The Morgan fingerprint density at radius 1 is 0.500 bits per heavy atom. The zero-order valence-electron chi connectivity index (χ0n) is 40.4. The Hall–Kier alpha value is -11.7. The van der Waals surface area contributed by atoms with Gasteiger partial charge in [-0.2, -0.15) is 0 Å². The number of benzene rings is 1. The molecule has 0 radical (unpaired) electrons. The minimum atomic E-state index is -0.177. The second kappa shape index (κ2) is 40.4. The van der Waals surface area contributed by atoms with Crippen molar-refractivity contribution in [3.05, 3.63) is 34.9 Å². The van der Waals surface area contributed by atoms with Crippen LogP contribution in [-0.4, -0.2) is 10.7 Å². The summed E-state index contributed by atoms with van der Waals surface area (Å²) in [7, 11) is 0. The molecule has 334 valence electrons. The molecule has 1 aliphatic heterocycles. The SMILES string of the molecule is C#CC#CC#CC#CC#CC#CC#CC#CC#CC#CC#CC#CC#CC#CC#CC#CC#CC#CC#CC#CC#CC#CC#CC#CC#CI.CCCCCc1cc(O)c2c(c1)OC(C)(C)C1CCC(C)=CC21. The lowest BCUT2D eigenvalue weighted by Gasteiger charge is -2.46. The van der Waals surface area contributed by atoms with Crippen molar-refractivity contribution in [3.63, 3.8) is 0 Å². The van der Waals surface area contributed by atoms with E-state index in [1.807, 2.05) is 28.7 Å². The van der Waals surface area contributed by atoms with Crippen LogP contribution in [0.5, 0.6) is 11.5 Å². The molecule has 0 spiro atoms. The zero-order valence-corrected chi connectivity index (χ0v) is 42.6. The van der Waals surface area contributed by atoms with Crippen LogP contribution < -0.4 is 4.74 Å². The van der Waals surface area contributed by atoms with Crippen molar-refractivity contribution in [2.75, 3.05) is 0 Å². The number of phenols is 1. The number of allylic oxidation sites excluding steroid dienone is 2. The van der Waals surface area contributed by atoms with E-state index in [1.54, 1.807) is 0 Å². The van der Waals surface area contributed by atoms with Gasteiger partial charge in [-0.1, -0.05) is 31.4 Å². The summed E-state index contributed by atoms with van der Waals surface area (Å²) in [5.41, 5.74) is 3.46. The van der Waals surface area contributed by atoms with E-state index in [2.05, 4.69) is 328 Å². The lowest BCUT2D eigenvalue weighted by Crippen LogP contribution is -2.45. The van der Waals surface area contributed by atoms with Gasteiger partial charge >= 0.3 is 0 Å². The van der Waals surface area contributed by atoms with Crippen LogP contribution in [0.2, 0.25) is 0 Å². The molecule has 2 nitrogen and oxygen atoms in total. The second-order valence-corrected chi connectivity index (χ2v) is 14.5. The van der Waals surface area contributed by atoms with Crippen LogP contribution in [0.3, 0.4) is 0 Å². The Morgan fingerprint density at radius 2 is 0.811 bits per heavy atom. The predicted octanol–water partition coefficient (Wildman–Crippen LogP) is 6.83. The molecule has 0 fully saturated rings. The molecule has 0 bridgehead atoms. The van der Waals surface area contributed by atoms with Gasteiger partial charge in [0.15, 0.2) is 0 Å². The van der Waals surface area contributed by atoms with Gasteiger partial charge in [-0.25, -0.2) is 0 Å². The van der Waals surface area contributed by atoms with Crippen LogP contribution in [0.15, 0.2) is 23.8 Å². The third kappa shape index (κ3) is 29.1. The van der Waals surface area contributed by atoms with Crippen molar-refractivity contribution >= 4 is 22.6 Å². The Morgan fingerprint density at radius 3 is 1.11 bits per heavy atom. The molecule has 3 heteroatoms. The summed E-state index contributed by atoms with van der Waals surface area (Å²) in [5.74, 6) is 121. The molecule has 1 N–H and O–H groups in total. The Bertz CT molecular complexity index is 4130. The lowest BCUT2D eigenvalue weighted by atomic mass is 9.68. The normalized spacial score (nSPS) is 10.5. The highest BCUT2D eigenvalue weighted by Crippen LogP contribution is 2.53. The molecule has 0 saturated heterocycles. The first-order valence-electron chi connectivity index (χ1n) is 21.6. The van der Waals surface area contributed by atoms with E-state index < -0.39 is 0 Å². The molecule has 0 saturated carbocycles. The summed E-state index contributed by atoms with van der Waals surface area (Å²) in [5, 5.41) is 10.7. The van der Waals surface area contributed by atoms with Crippen molar-refractivity contribution in [1.82, 2.24) is 0 Å². The van der Waals surface area contributed by atoms with Crippen molar-refractivity contribution in [1.29, 1.82) is 0 Å². The van der Waals surface area contributed by atoms with Crippen LogP contribution in [0, 0.1) is 300 Å². The van der Waals surface area contributed by atoms with Gasteiger partial charge in [-0.05, 0) is 163 Å². The Labute approximate surface area is 454 Å². The second-order valence-electron chi connectivity index (χ2n) is 14.0. The first-order chi connectivity index (χ1) is 36.3. The summed E-state index contributed by atoms with van der Waals surface area (Å²) < 4.78 is 8.96. The average molecular weight is 1040 g/mol. The number of aryl methyl sites for hydroxylation is 1. The van der Waals surface area contributed by atoms with Crippen molar-refractivity contribution < 1.29 is 9.84 Å². The number of rotatable bonds is 4. The maximum atomic E-state index is 10.7. The van der Waals surface area contributed by atoms with E-state index in [4.69, 9.17) is 11.2 Å². The van der Waals surface area contributed by atoms with E-state index in [9.17, 15) is 5.11 Å². The molecule has 74 heavy (non-hydrogen) atoms. The molecular formula is C71H31IO2. The number of aromatic hydroxyl groups is 1. The number of phenolic OH excluding ortho intramolecular Hbond substituents is 1. The van der Waals surface area contributed by atoms with Crippen molar-refractivity contribution in [2.45, 2.75) is 77.7 Å². The minimum Gasteiger partial charge on any atom is -0.507 e.